The van der Waals surface area contributed by atoms with Crippen molar-refractivity contribution in [2.45, 2.75) is 6.54 Å². The normalized spacial score (nSPS) is 10.5. The maximum atomic E-state index is 11.5. The summed E-state index contributed by atoms with van der Waals surface area (Å²) in [6, 6.07) is 17.9. The number of rotatable bonds is 4. The second-order valence-corrected chi connectivity index (χ2v) is 4.78. The fourth-order valence-corrected chi connectivity index (χ4v) is 2.35. The van der Waals surface area contributed by atoms with Gasteiger partial charge in [0, 0.05) is 12.7 Å². The smallest absolute Gasteiger partial charge is 0.354 e. The highest BCUT2D eigenvalue weighted by molar-refractivity contribution is 5.88. The van der Waals surface area contributed by atoms with Crippen LogP contribution in [-0.2, 0) is 11.3 Å². The van der Waals surface area contributed by atoms with Crippen molar-refractivity contribution in [2.75, 3.05) is 7.11 Å². The third-order valence-corrected chi connectivity index (χ3v) is 3.39. The number of benzene rings is 1. The van der Waals surface area contributed by atoms with Gasteiger partial charge in [-0.05, 0) is 29.8 Å². The summed E-state index contributed by atoms with van der Waals surface area (Å²) >= 11 is 0. The van der Waals surface area contributed by atoms with Crippen molar-refractivity contribution in [3.63, 3.8) is 0 Å². The Morgan fingerprint density at radius 3 is 2.67 bits per heavy atom. The molecule has 4 nitrogen and oxygen atoms in total. The van der Waals surface area contributed by atoms with Crippen LogP contribution in [0, 0.1) is 0 Å². The molecule has 0 bridgehead atoms. The minimum atomic E-state index is -0.359. The molecule has 4 heteroatoms. The van der Waals surface area contributed by atoms with E-state index < -0.39 is 0 Å². The molecule has 1 aromatic carbocycles. The van der Waals surface area contributed by atoms with Gasteiger partial charge in [-0.1, -0.05) is 30.3 Å². The molecule has 0 radical (unpaired) electrons. The zero-order chi connectivity index (χ0) is 14.7. The predicted molar refractivity (Wildman–Crippen MR) is 81.1 cm³/mol. The molecule has 0 aliphatic rings. The number of hydrogen-bond acceptors (Lipinski definition) is 2. The highest BCUT2D eigenvalue weighted by Gasteiger charge is 2.11. The third kappa shape index (κ3) is 2.74. The molecule has 0 unspecified atom stereocenters. The van der Waals surface area contributed by atoms with Crippen molar-refractivity contribution < 1.29 is 9.53 Å². The summed E-state index contributed by atoms with van der Waals surface area (Å²) in [5.41, 5.74) is 3.62. The van der Waals surface area contributed by atoms with Crippen molar-refractivity contribution in [1.82, 2.24) is 9.55 Å². The summed E-state index contributed by atoms with van der Waals surface area (Å²) in [5, 5.41) is 0. The molecule has 1 N–H and O–H groups in total. The van der Waals surface area contributed by atoms with Crippen LogP contribution < -0.4 is 0 Å². The van der Waals surface area contributed by atoms with Gasteiger partial charge in [-0.2, -0.15) is 0 Å². The Labute approximate surface area is 123 Å². The molecular weight excluding hydrogens is 264 g/mol. The van der Waals surface area contributed by atoms with E-state index in [0.717, 1.165) is 17.9 Å². The average Bonchev–Trinajstić information content (AvgIpc) is 3.16. The van der Waals surface area contributed by atoms with Crippen molar-refractivity contribution in [3.8, 4) is 11.4 Å². The van der Waals surface area contributed by atoms with Gasteiger partial charge in [-0.15, -0.1) is 0 Å². The number of carbonyl (C=O) groups is 1. The highest BCUT2D eigenvalue weighted by Crippen LogP contribution is 2.21. The minimum absolute atomic E-state index is 0.359. The Bertz CT molecular complexity index is 741. The Balaban J connectivity index is 1.88. The molecular formula is C17H16N2O2. The summed E-state index contributed by atoms with van der Waals surface area (Å²) < 4.78 is 6.86. The van der Waals surface area contributed by atoms with E-state index in [9.17, 15) is 4.79 Å². The lowest BCUT2D eigenvalue weighted by atomic mass is 10.2. The average molecular weight is 280 g/mol. The van der Waals surface area contributed by atoms with Crippen LogP contribution in [0.2, 0.25) is 0 Å². The van der Waals surface area contributed by atoms with Crippen molar-refractivity contribution in [1.29, 1.82) is 0 Å². The molecule has 3 rings (SSSR count). The summed E-state index contributed by atoms with van der Waals surface area (Å²) in [6.45, 7) is 0.787. The molecule has 2 aromatic heterocycles. The fourth-order valence-electron chi connectivity index (χ4n) is 2.35. The van der Waals surface area contributed by atoms with Gasteiger partial charge < -0.3 is 14.3 Å². The number of ether oxygens (including phenoxy) is 1. The molecule has 0 saturated heterocycles. The molecule has 0 saturated carbocycles. The summed E-state index contributed by atoms with van der Waals surface area (Å²) in [7, 11) is 1.38. The van der Waals surface area contributed by atoms with Gasteiger partial charge >= 0.3 is 5.97 Å². The highest BCUT2D eigenvalue weighted by atomic mass is 16.5. The number of aromatic amines is 1. The predicted octanol–water partition coefficient (Wildman–Crippen LogP) is 3.32. The first kappa shape index (κ1) is 13.2. The first-order valence-electron chi connectivity index (χ1n) is 6.74. The van der Waals surface area contributed by atoms with E-state index in [1.165, 1.54) is 12.7 Å². The first-order valence-corrected chi connectivity index (χ1v) is 6.74. The van der Waals surface area contributed by atoms with Crippen LogP contribution in [0.1, 0.15) is 16.1 Å². The lowest BCUT2D eigenvalue weighted by Crippen LogP contribution is -2.02. The SMILES string of the molecule is COC(=O)c1ccc(-c2cccn2Cc2ccccc2)[nH]1. The van der Waals surface area contributed by atoms with Gasteiger partial charge in [-0.25, -0.2) is 4.79 Å². The maximum absolute atomic E-state index is 11.5. The summed E-state index contributed by atoms with van der Waals surface area (Å²) in [5.74, 6) is -0.359. The van der Waals surface area contributed by atoms with Gasteiger partial charge in [0.25, 0.3) is 0 Å². The second-order valence-electron chi connectivity index (χ2n) is 4.78. The third-order valence-electron chi connectivity index (χ3n) is 3.39. The number of nitrogens with zero attached hydrogens (tertiary/aromatic N) is 1. The quantitative estimate of drug-likeness (QED) is 0.745. The van der Waals surface area contributed by atoms with Gasteiger partial charge in [-0.3, -0.25) is 0 Å². The van der Waals surface area contributed by atoms with Gasteiger partial charge in [0.2, 0.25) is 0 Å². The summed E-state index contributed by atoms with van der Waals surface area (Å²) in [6.07, 6.45) is 2.03. The molecule has 3 aromatic rings. The molecule has 0 aliphatic carbocycles. The van der Waals surface area contributed by atoms with E-state index in [4.69, 9.17) is 4.74 Å². The number of methoxy groups -OCH3 is 1. The Morgan fingerprint density at radius 2 is 1.90 bits per heavy atom. The summed E-state index contributed by atoms with van der Waals surface area (Å²) in [4.78, 5) is 14.6. The molecule has 0 amide bonds. The lowest BCUT2D eigenvalue weighted by molar-refractivity contribution is 0.0595. The number of aromatic nitrogens is 2. The fraction of sp³-hybridized carbons (Fsp3) is 0.118. The molecule has 0 spiro atoms. The van der Waals surface area contributed by atoms with Crippen LogP contribution in [-0.4, -0.2) is 22.6 Å². The second kappa shape index (κ2) is 5.71. The van der Waals surface area contributed by atoms with Crippen LogP contribution in [0.25, 0.3) is 11.4 Å². The van der Waals surface area contributed by atoms with Crippen molar-refractivity contribution >= 4 is 5.97 Å². The monoisotopic (exact) mass is 280 g/mol. The molecule has 0 aliphatic heterocycles. The largest absolute Gasteiger partial charge is 0.464 e. The van der Waals surface area contributed by atoms with E-state index in [-0.39, 0.29) is 5.97 Å². The van der Waals surface area contributed by atoms with E-state index in [1.807, 2.05) is 42.6 Å². The number of esters is 1. The molecule has 0 atom stereocenters. The van der Waals surface area contributed by atoms with Crippen LogP contribution in [0.15, 0.2) is 60.8 Å². The number of nitrogens with one attached hydrogen (secondary N) is 1. The Hall–Kier alpha value is -2.75. The molecule has 0 fully saturated rings. The molecule has 106 valence electrons. The van der Waals surface area contributed by atoms with Crippen LogP contribution in [0.4, 0.5) is 0 Å². The zero-order valence-electron chi connectivity index (χ0n) is 11.7. The molecule has 2 heterocycles. The first-order chi connectivity index (χ1) is 10.3. The van der Waals surface area contributed by atoms with Gasteiger partial charge in [0.1, 0.15) is 5.69 Å². The van der Waals surface area contributed by atoms with Crippen LogP contribution in [0.3, 0.4) is 0 Å². The van der Waals surface area contributed by atoms with Crippen molar-refractivity contribution in [3.05, 3.63) is 72.1 Å². The zero-order valence-corrected chi connectivity index (χ0v) is 11.7. The van der Waals surface area contributed by atoms with Gasteiger partial charge in [0.15, 0.2) is 0 Å². The number of hydrogen-bond donors (Lipinski definition) is 1. The maximum Gasteiger partial charge on any atom is 0.354 e. The topological polar surface area (TPSA) is 47.0 Å². The van der Waals surface area contributed by atoms with E-state index in [0.29, 0.717) is 5.69 Å². The van der Waals surface area contributed by atoms with Crippen molar-refractivity contribution in [2.24, 2.45) is 0 Å². The number of H-pyrrole nitrogens is 1. The van der Waals surface area contributed by atoms with Crippen LogP contribution in [0.5, 0.6) is 0 Å². The molecule has 21 heavy (non-hydrogen) atoms. The minimum Gasteiger partial charge on any atom is -0.464 e. The Kier molecular flexibility index (Phi) is 3.60. The van der Waals surface area contributed by atoms with E-state index in [2.05, 4.69) is 21.7 Å². The van der Waals surface area contributed by atoms with E-state index >= 15 is 0 Å². The van der Waals surface area contributed by atoms with E-state index in [1.54, 1.807) is 6.07 Å². The van der Waals surface area contributed by atoms with Gasteiger partial charge in [0.05, 0.1) is 18.5 Å². The Morgan fingerprint density at radius 1 is 1.10 bits per heavy atom. The standard InChI is InChI=1S/C17H16N2O2/c1-21-17(20)15-10-9-14(18-15)16-8-5-11-19(16)12-13-6-3-2-4-7-13/h2-11,18H,12H2,1H3. The van der Waals surface area contributed by atoms with Crippen LogP contribution >= 0.6 is 0 Å². The lowest BCUT2D eigenvalue weighted by Gasteiger charge is -2.08. The number of carbonyl (C=O) groups excluding carboxylic acids is 1.